The Balaban J connectivity index is 1.62. The maximum absolute atomic E-state index is 3.39. The van der Waals surface area contributed by atoms with Crippen molar-refractivity contribution >= 4 is 0 Å². The molecule has 3 atom stereocenters. The van der Waals surface area contributed by atoms with E-state index in [1.807, 2.05) is 0 Å². The number of nitrogens with one attached hydrogen (secondary N) is 1. The van der Waals surface area contributed by atoms with Gasteiger partial charge in [0.1, 0.15) is 0 Å². The number of likely N-dealkylation sites (N-methyl/N-ethyl adjacent to an activating group) is 1. The molecule has 0 radical (unpaired) electrons. The standard InChI is InChI=1S/C15H29N3/c1-12-9-15(11-18(12)13-6-7-13)17-8-4-3-5-14(17)10-16-2/h12-16H,3-11H2,1-2H3. The summed E-state index contributed by atoms with van der Waals surface area (Å²) in [5.74, 6) is 0. The van der Waals surface area contributed by atoms with Gasteiger partial charge in [-0.25, -0.2) is 0 Å². The Morgan fingerprint density at radius 1 is 1.06 bits per heavy atom. The maximum atomic E-state index is 3.39. The summed E-state index contributed by atoms with van der Waals surface area (Å²) in [6.45, 7) is 6.29. The van der Waals surface area contributed by atoms with E-state index in [-0.39, 0.29) is 0 Å². The maximum Gasteiger partial charge on any atom is 0.0241 e. The fourth-order valence-electron chi connectivity index (χ4n) is 4.14. The van der Waals surface area contributed by atoms with Crippen LogP contribution in [0.2, 0.25) is 0 Å². The van der Waals surface area contributed by atoms with Crippen molar-refractivity contribution < 1.29 is 0 Å². The molecule has 2 aliphatic heterocycles. The normalized spacial score (nSPS) is 39.3. The van der Waals surface area contributed by atoms with E-state index in [2.05, 4.69) is 29.1 Å². The lowest BCUT2D eigenvalue weighted by Crippen LogP contribution is -2.51. The van der Waals surface area contributed by atoms with Crippen LogP contribution in [0.5, 0.6) is 0 Å². The van der Waals surface area contributed by atoms with Crippen molar-refractivity contribution in [2.75, 3.05) is 26.7 Å². The molecule has 1 aliphatic carbocycles. The zero-order valence-corrected chi connectivity index (χ0v) is 12.1. The van der Waals surface area contributed by atoms with Crippen LogP contribution < -0.4 is 5.32 Å². The van der Waals surface area contributed by atoms with Crippen LogP contribution in [0, 0.1) is 0 Å². The second-order valence-electron chi connectivity index (χ2n) is 6.61. The molecule has 1 N–H and O–H groups in total. The summed E-state index contributed by atoms with van der Waals surface area (Å²) < 4.78 is 0. The third kappa shape index (κ3) is 2.59. The lowest BCUT2D eigenvalue weighted by molar-refractivity contribution is 0.0964. The SMILES string of the molecule is CNCC1CCCCN1C1CC(C)N(C2CC2)C1. The van der Waals surface area contributed by atoms with Gasteiger partial charge in [-0.2, -0.15) is 0 Å². The van der Waals surface area contributed by atoms with E-state index in [9.17, 15) is 0 Å². The first-order chi connectivity index (χ1) is 8.79. The molecular weight excluding hydrogens is 222 g/mol. The largest absolute Gasteiger partial charge is 0.318 e. The Kier molecular flexibility index (Phi) is 3.92. The molecule has 3 nitrogen and oxygen atoms in total. The second-order valence-corrected chi connectivity index (χ2v) is 6.61. The first kappa shape index (κ1) is 12.9. The Hall–Kier alpha value is -0.120. The van der Waals surface area contributed by atoms with E-state index in [0.29, 0.717) is 0 Å². The third-order valence-electron chi connectivity index (χ3n) is 5.20. The summed E-state index contributed by atoms with van der Waals surface area (Å²) in [6.07, 6.45) is 8.55. The smallest absolute Gasteiger partial charge is 0.0241 e. The molecule has 3 unspecified atom stereocenters. The zero-order chi connectivity index (χ0) is 12.5. The molecule has 2 heterocycles. The van der Waals surface area contributed by atoms with Crippen LogP contribution in [0.15, 0.2) is 0 Å². The van der Waals surface area contributed by atoms with E-state index in [1.54, 1.807) is 0 Å². The molecule has 3 aliphatic rings. The summed E-state index contributed by atoms with van der Waals surface area (Å²) in [5.41, 5.74) is 0. The molecule has 0 aromatic heterocycles. The molecule has 0 spiro atoms. The van der Waals surface area contributed by atoms with Crippen molar-refractivity contribution in [1.82, 2.24) is 15.1 Å². The molecular formula is C15H29N3. The van der Waals surface area contributed by atoms with Gasteiger partial charge in [0.2, 0.25) is 0 Å². The highest BCUT2D eigenvalue weighted by Crippen LogP contribution is 2.36. The average molecular weight is 251 g/mol. The van der Waals surface area contributed by atoms with Crippen LogP contribution >= 0.6 is 0 Å². The van der Waals surface area contributed by atoms with Gasteiger partial charge in [0, 0.05) is 37.3 Å². The van der Waals surface area contributed by atoms with Gasteiger partial charge in [0.25, 0.3) is 0 Å². The van der Waals surface area contributed by atoms with Crippen LogP contribution in [-0.2, 0) is 0 Å². The summed E-state index contributed by atoms with van der Waals surface area (Å²) >= 11 is 0. The Morgan fingerprint density at radius 2 is 1.89 bits per heavy atom. The molecule has 0 aromatic carbocycles. The van der Waals surface area contributed by atoms with Crippen molar-refractivity contribution in [3.8, 4) is 0 Å². The van der Waals surface area contributed by atoms with Crippen LogP contribution in [0.1, 0.15) is 45.4 Å². The molecule has 3 rings (SSSR count). The van der Waals surface area contributed by atoms with E-state index in [0.717, 1.165) is 24.2 Å². The lowest BCUT2D eigenvalue weighted by Gasteiger charge is -2.40. The van der Waals surface area contributed by atoms with Gasteiger partial charge in [0.15, 0.2) is 0 Å². The third-order valence-corrected chi connectivity index (χ3v) is 5.20. The molecule has 3 heteroatoms. The predicted molar refractivity (Wildman–Crippen MR) is 75.9 cm³/mol. The van der Waals surface area contributed by atoms with Gasteiger partial charge in [-0.15, -0.1) is 0 Å². The first-order valence-electron chi connectivity index (χ1n) is 7.95. The molecule has 0 bridgehead atoms. The van der Waals surface area contributed by atoms with Gasteiger partial charge in [0.05, 0.1) is 0 Å². The minimum Gasteiger partial charge on any atom is -0.318 e. The Morgan fingerprint density at radius 3 is 2.61 bits per heavy atom. The number of piperidine rings is 1. The van der Waals surface area contributed by atoms with Crippen molar-refractivity contribution in [1.29, 1.82) is 0 Å². The first-order valence-corrected chi connectivity index (χ1v) is 7.95. The fourth-order valence-corrected chi connectivity index (χ4v) is 4.14. The molecule has 1 saturated carbocycles. The Labute approximate surface area is 112 Å². The molecule has 3 fully saturated rings. The lowest BCUT2D eigenvalue weighted by atomic mass is 9.98. The number of rotatable bonds is 4. The van der Waals surface area contributed by atoms with Gasteiger partial charge in [-0.1, -0.05) is 6.42 Å². The van der Waals surface area contributed by atoms with Crippen molar-refractivity contribution in [3.05, 3.63) is 0 Å². The quantitative estimate of drug-likeness (QED) is 0.820. The summed E-state index contributed by atoms with van der Waals surface area (Å²) in [6, 6.07) is 3.39. The van der Waals surface area contributed by atoms with E-state index < -0.39 is 0 Å². The summed E-state index contributed by atoms with van der Waals surface area (Å²) in [7, 11) is 2.10. The summed E-state index contributed by atoms with van der Waals surface area (Å²) in [4.78, 5) is 5.62. The van der Waals surface area contributed by atoms with Crippen LogP contribution in [0.4, 0.5) is 0 Å². The predicted octanol–water partition coefficient (Wildman–Crippen LogP) is 1.69. The van der Waals surface area contributed by atoms with E-state index in [4.69, 9.17) is 0 Å². The Bertz CT molecular complexity index is 275. The van der Waals surface area contributed by atoms with Gasteiger partial charge in [-0.05, 0) is 52.6 Å². The minimum absolute atomic E-state index is 0.792. The molecule has 0 amide bonds. The monoisotopic (exact) mass is 251 g/mol. The highest BCUT2D eigenvalue weighted by atomic mass is 15.3. The topological polar surface area (TPSA) is 18.5 Å². The number of hydrogen-bond acceptors (Lipinski definition) is 3. The highest BCUT2D eigenvalue weighted by Gasteiger charge is 2.42. The highest BCUT2D eigenvalue weighted by molar-refractivity contribution is 4.98. The number of nitrogens with zero attached hydrogens (tertiary/aromatic N) is 2. The van der Waals surface area contributed by atoms with Gasteiger partial charge < -0.3 is 5.32 Å². The number of hydrogen-bond donors (Lipinski definition) is 1. The summed E-state index contributed by atoms with van der Waals surface area (Å²) in [5, 5.41) is 3.39. The van der Waals surface area contributed by atoms with Crippen molar-refractivity contribution in [2.45, 2.75) is 69.6 Å². The van der Waals surface area contributed by atoms with E-state index >= 15 is 0 Å². The zero-order valence-electron chi connectivity index (χ0n) is 12.1. The fraction of sp³-hybridized carbons (Fsp3) is 1.00. The van der Waals surface area contributed by atoms with Gasteiger partial charge in [-0.3, -0.25) is 9.80 Å². The van der Waals surface area contributed by atoms with Crippen molar-refractivity contribution in [3.63, 3.8) is 0 Å². The van der Waals surface area contributed by atoms with E-state index in [1.165, 1.54) is 58.2 Å². The molecule has 104 valence electrons. The average Bonchev–Trinajstić information content (AvgIpc) is 3.14. The number of likely N-dealkylation sites (tertiary alicyclic amines) is 2. The van der Waals surface area contributed by atoms with Crippen LogP contribution in [-0.4, -0.2) is 60.6 Å². The molecule has 18 heavy (non-hydrogen) atoms. The minimum atomic E-state index is 0.792. The van der Waals surface area contributed by atoms with Gasteiger partial charge >= 0.3 is 0 Å². The molecule has 0 aromatic rings. The van der Waals surface area contributed by atoms with Crippen LogP contribution in [0.25, 0.3) is 0 Å². The molecule has 2 saturated heterocycles. The van der Waals surface area contributed by atoms with Crippen LogP contribution in [0.3, 0.4) is 0 Å². The second kappa shape index (κ2) is 5.48. The van der Waals surface area contributed by atoms with Crippen molar-refractivity contribution in [2.24, 2.45) is 0 Å².